The number of hydrogen-bond acceptors (Lipinski definition) is 1. The molecule has 0 aromatic heterocycles. The first-order valence-electron chi connectivity index (χ1n) is 3.33. The molecule has 0 aliphatic rings. The van der Waals surface area contributed by atoms with Crippen LogP contribution < -0.4 is 5.32 Å². The number of halogens is 2. The van der Waals surface area contributed by atoms with E-state index in [2.05, 4.69) is 5.32 Å². The minimum atomic E-state index is 0. The average Bonchev–Trinajstić information content (AvgIpc) is 1.94. The summed E-state index contributed by atoms with van der Waals surface area (Å²) >= 11 is 5.84. The van der Waals surface area contributed by atoms with Gasteiger partial charge in [0.1, 0.15) is 0 Å². The highest BCUT2D eigenvalue weighted by Gasteiger charge is 1.93. The second-order valence-electron chi connectivity index (χ2n) is 2.01. The molecule has 0 aliphatic carbocycles. The van der Waals surface area contributed by atoms with Crippen molar-refractivity contribution >= 4 is 29.7 Å². The first-order valence-corrected chi connectivity index (χ1v) is 3.70. The lowest BCUT2D eigenvalue weighted by molar-refractivity contribution is 1.21. The third kappa shape index (κ3) is 3.00. The van der Waals surface area contributed by atoms with Crippen molar-refractivity contribution in [1.29, 1.82) is 0 Å². The summed E-state index contributed by atoms with van der Waals surface area (Å²) in [7, 11) is 0. The molecular formula is C8H11Cl2N. The summed E-state index contributed by atoms with van der Waals surface area (Å²) in [4.78, 5) is 0. The lowest BCUT2D eigenvalue weighted by Gasteiger charge is -2.03. The molecule has 11 heavy (non-hydrogen) atoms. The smallest absolute Gasteiger partial charge is 0.0637 e. The van der Waals surface area contributed by atoms with Crippen LogP contribution in [0.2, 0.25) is 5.02 Å². The van der Waals surface area contributed by atoms with Crippen LogP contribution in [0.4, 0.5) is 5.69 Å². The second-order valence-corrected chi connectivity index (χ2v) is 2.42. The van der Waals surface area contributed by atoms with Crippen LogP contribution in [0.25, 0.3) is 0 Å². The molecule has 1 aromatic carbocycles. The van der Waals surface area contributed by atoms with Crippen molar-refractivity contribution in [3.63, 3.8) is 0 Å². The summed E-state index contributed by atoms with van der Waals surface area (Å²) in [5, 5.41) is 3.93. The highest BCUT2D eigenvalue weighted by Crippen LogP contribution is 2.19. The van der Waals surface area contributed by atoms with Crippen LogP contribution in [-0.2, 0) is 0 Å². The SMILES string of the molecule is CCNc1ccccc1Cl.Cl. The molecule has 0 amide bonds. The number of para-hydroxylation sites is 1. The van der Waals surface area contributed by atoms with Gasteiger partial charge in [-0.1, -0.05) is 23.7 Å². The Bertz CT molecular complexity index is 213. The monoisotopic (exact) mass is 191 g/mol. The molecule has 0 radical (unpaired) electrons. The molecule has 1 aromatic rings. The summed E-state index contributed by atoms with van der Waals surface area (Å²) in [6.45, 7) is 2.95. The average molecular weight is 192 g/mol. The van der Waals surface area contributed by atoms with E-state index < -0.39 is 0 Å². The number of nitrogens with one attached hydrogen (secondary N) is 1. The molecule has 1 N–H and O–H groups in total. The maximum absolute atomic E-state index is 5.84. The van der Waals surface area contributed by atoms with Crippen molar-refractivity contribution in [2.45, 2.75) is 6.92 Å². The van der Waals surface area contributed by atoms with Gasteiger partial charge < -0.3 is 5.32 Å². The molecule has 0 unspecified atom stereocenters. The lowest BCUT2D eigenvalue weighted by atomic mass is 10.3. The molecule has 0 spiro atoms. The molecule has 1 nitrogen and oxygen atoms in total. The summed E-state index contributed by atoms with van der Waals surface area (Å²) in [5.41, 5.74) is 1.01. The summed E-state index contributed by atoms with van der Waals surface area (Å²) in [6.07, 6.45) is 0. The number of hydrogen-bond donors (Lipinski definition) is 1. The highest BCUT2D eigenvalue weighted by atomic mass is 35.5. The van der Waals surface area contributed by atoms with Crippen molar-refractivity contribution in [3.8, 4) is 0 Å². The Hall–Kier alpha value is -0.400. The van der Waals surface area contributed by atoms with Gasteiger partial charge in [-0.15, -0.1) is 12.4 Å². The van der Waals surface area contributed by atoms with Crippen molar-refractivity contribution in [3.05, 3.63) is 29.3 Å². The van der Waals surface area contributed by atoms with E-state index in [0.29, 0.717) is 0 Å². The Morgan fingerprint density at radius 3 is 2.55 bits per heavy atom. The van der Waals surface area contributed by atoms with E-state index in [4.69, 9.17) is 11.6 Å². The predicted molar refractivity (Wildman–Crippen MR) is 52.9 cm³/mol. The fraction of sp³-hybridized carbons (Fsp3) is 0.250. The molecule has 62 valence electrons. The maximum Gasteiger partial charge on any atom is 0.0637 e. The third-order valence-electron chi connectivity index (χ3n) is 1.24. The van der Waals surface area contributed by atoms with Gasteiger partial charge in [0, 0.05) is 6.54 Å². The normalized spacial score (nSPS) is 8.55. The van der Waals surface area contributed by atoms with Gasteiger partial charge in [0.05, 0.1) is 10.7 Å². The van der Waals surface area contributed by atoms with Crippen molar-refractivity contribution < 1.29 is 0 Å². The highest BCUT2D eigenvalue weighted by molar-refractivity contribution is 6.33. The minimum Gasteiger partial charge on any atom is -0.384 e. The quantitative estimate of drug-likeness (QED) is 0.758. The van der Waals surface area contributed by atoms with E-state index in [1.54, 1.807) is 0 Å². The summed E-state index contributed by atoms with van der Waals surface area (Å²) in [6, 6.07) is 7.72. The van der Waals surface area contributed by atoms with Crippen molar-refractivity contribution in [2.75, 3.05) is 11.9 Å². The van der Waals surface area contributed by atoms with Gasteiger partial charge >= 0.3 is 0 Å². The molecule has 0 atom stereocenters. The number of rotatable bonds is 2. The summed E-state index contributed by atoms with van der Waals surface area (Å²) in [5.74, 6) is 0. The maximum atomic E-state index is 5.84. The van der Waals surface area contributed by atoms with E-state index in [0.717, 1.165) is 17.3 Å². The van der Waals surface area contributed by atoms with Gasteiger partial charge in [-0.3, -0.25) is 0 Å². The molecule has 0 bridgehead atoms. The van der Waals surface area contributed by atoms with E-state index in [-0.39, 0.29) is 12.4 Å². The number of anilines is 1. The molecule has 0 saturated heterocycles. The van der Waals surface area contributed by atoms with Crippen LogP contribution in [0.1, 0.15) is 6.92 Å². The molecule has 0 aliphatic heterocycles. The first kappa shape index (κ1) is 10.6. The van der Waals surface area contributed by atoms with Gasteiger partial charge in [-0.25, -0.2) is 0 Å². The van der Waals surface area contributed by atoms with E-state index in [1.165, 1.54) is 0 Å². The molecule has 0 saturated carbocycles. The van der Waals surface area contributed by atoms with Gasteiger partial charge in [0.2, 0.25) is 0 Å². The van der Waals surface area contributed by atoms with Crippen LogP contribution in [-0.4, -0.2) is 6.54 Å². The topological polar surface area (TPSA) is 12.0 Å². The van der Waals surface area contributed by atoms with Crippen LogP contribution in [0.3, 0.4) is 0 Å². The van der Waals surface area contributed by atoms with Gasteiger partial charge in [-0.2, -0.15) is 0 Å². The fourth-order valence-corrected chi connectivity index (χ4v) is 0.998. The molecule has 1 rings (SSSR count). The standard InChI is InChI=1S/C8H10ClN.ClH/c1-2-10-8-6-4-3-5-7(8)9;/h3-6,10H,2H2,1H3;1H. The zero-order valence-corrected chi connectivity index (χ0v) is 7.88. The Morgan fingerprint density at radius 2 is 2.00 bits per heavy atom. The van der Waals surface area contributed by atoms with E-state index in [1.807, 2.05) is 31.2 Å². The fourth-order valence-electron chi connectivity index (χ4n) is 0.795. The van der Waals surface area contributed by atoms with Crippen LogP contribution in [0.5, 0.6) is 0 Å². The van der Waals surface area contributed by atoms with Crippen LogP contribution in [0.15, 0.2) is 24.3 Å². The van der Waals surface area contributed by atoms with Crippen molar-refractivity contribution in [1.82, 2.24) is 0 Å². The van der Waals surface area contributed by atoms with E-state index in [9.17, 15) is 0 Å². The van der Waals surface area contributed by atoms with Gasteiger partial charge in [0.15, 0.2) is 0 Å². The minimum absolute atomic E-state index is 0. The Morgan fingerprint density at radius 1 is 1.36 bits per heavy atom. The van der Waals surface area contributed by atoms with E-state index >= 15 is 0 Å². The van der Waals surface area contributed by atoms with Gasteiger partial charge in [0.25, 0.3) is 0 Å². The van der Waals surface area contributed by atoms with Crippen LogP contribution in [0, 0.1) is 0 Å². The van der Waals surface area contributed by atoms with Gasteiger partial charge in [-0.05, 0) is 19.1 Å². The third-order valence-corrected chi connectivity index (χ3v) is 1.57. The molecule has 0 heterocycles. The second kappa shape index (κ2) is 5.28. The first-order chi connectivity index (χ1) is 4.84. The Balaban J connectivity index is 0.000001000. The zero-order valence-electron chi connectivity index (χ0n) is 6.30. The van der Waals surface area contributed by atoms with Crippen LogP contribution >= 0.6 is 24.0 Å². The van der Waals surface area contributed by atoms with Crippen molar-refractivity contribution in [2.24, 2.45) is 0 Å². The summed E-state index contributed by atoms with van der Waals surface area (Å²) < 4.78 is 0. The molecular weight excluding hydrogens is 181 g/mol. The lowest BCUT2D eigenvalue weighted by Crippen LogP contribution is -1.95. The number of benzene rings is 1. The Labute approximate surface area is 78.2 Å². The molecule has 0 fully saturated rings. The predicted octanol–water partition coefficient (Wildman–Crippen LogP) is 3.19. The largest absolute Gasteiger partial charge is 0.384 e. The molecule has 3 heteroatoms. The zero-order chi connectivity index (χ0) is 7.40. The Kier molecular flexibility index (Phi) is 5.08.